The number of nitrogens with one attached hydrogen (secondary N) is 2. The Bertz CT molecular complexity index is 954. The highest BCUT2D eigenvalue weighted by molar-refractivity contribution is 5.86. The van der Waals surface area contributed by atoms with Crippen molar-refractivity contribution in [3.8, 4) is 0 Å². The van der Waals surface area contributed by atoms with Gasteiger partial charge in [-0.3, -0.25) is 24.6 Å². The number of hydrazine groups is 1. The molecule has 0 heterocycles. The molecule has 260 valence electrons. The van der Waals surface area contributed by atoms with Crippen LogP contribution in [0.5, 0.6) is 0 Å². The molecular weight excluding hydrogens is 584 g/mol. The molecule has 3 N–H and O–H groups in total. The summed E-state index contributed by atoms with van der Waals surface area (Å²) in [5.41, 5.74) is 2.78. The minimum atomic E-state index is -1.29. The van der Waals surface area contributed by atoms with E-state index >= 15 is 0 Å². The van der Waals surface area contributed by atoms with Crippen LogP contribution in [0.4, 0.5) is 8.78 Å². The Morgan fingerprint density at radius 3 is 1.84 bits per heavy atom. The average molecular weight is 644 g/mol. The maximum absolute atomic E-state index is 14.3. The van der Waals surface area contributed by atoms with Crippen LogP contribution in [0.2, 0.25) is 0 Å². The van der Waals surface area contributed by atoms with Crippen LogP contribution in [0.15, 0.2) is 0 Å². The summed E-state index contributed by atoms with van der Waals surface area (Å²) in [6, 6.07) is -0.847. The average Bonchev–Trinajstić information content (AvgIpc) is 2.98. The van der Waals surface area contributed by atoms with Gasteiger partial charge in [0.2, 0.25) is 23.6 Å². The zero-order valence-corrected chi connectivity index (χ0v) is 28.6. The standard InChI is InChI=1S/C33H59F2N5O5/c1-8-11-39(12-9-2)33(45)25-17-23(16-24(18-25)32(44)38(6)7)31(43)36-28(15-22-13-26(34)19-27(35)14-22)29(41)20-40(10-3)37-30(42)21(4)5/h21-29,41H,8-20H2,1-7H3,(H,36,43)(H,37,42). The van der Waals surface area contributed by atoms with Crippen molar-refractivity contribution < 1.29 is 33.1 Å². The largest absolute Gasteiger partial charge is 0.390 e. The lowest BCUT2D eigenvalue weighted by molar-refractivity contribution is -0.143. The SMILES string of the molecule is CCCN(CCC)C(=O)C1CC(C(=O)NC(CC2CC(F)CC(F)C2)C(O)CN(CC)NC(=O)C(C)C)CC(C(=O)N(C)C)C1. The molecule has 2 fully saturated rings. The predicted octanol–water partition coefficient (Wildman–Crippen LogP) is 3.48. The van der Waals surface area contributed by atoms with Crippen LogP contribution in [-0.2, 0) is 19.2 Å². The van der Waals surface area contributed by atoms with Gasteiger partial charge in [-0.15, -0.1) is 0 Å². The predicted molar refractivity (Wildman–Crippen MR) is 170 cm³/mol. The number of carbonyl (C=O) groups is 4. The molecule has 0 aromatic heterocycles. The Balaban J connectivity index is 2.31. The van der Waals surface area contributed by atoms with E-state index in [9.17, 15) is 33.1 Å². The van der Waals surface area contributed by atoms with Gasteiger partial charge in [0, 0.05) is 70.4 Å². The normalized spacial score (nSPS) is 26.7. The Kier molecular flexibility index (Phi) is 16.2. The summed E-state index contributed by atoms with van der Waals surface area (Å²) in [4.78, 5) is 56.3. The summed E-state index contributed by atoms with van der Waals surface area (Å²) in [5, 5.41) is 15.9. The van der Waals surface area contributed by atoms with E-state index in [2.05, 4.69) is 10.7 Å². The van der Waals surface area contributed by atoms with Gasteiger partial charge in [0.05, 0.1) is 12.1 Å². The summed E-state index contributed by atoms with van der Waals surface area (Å²) in [6.45, 7) is 11.0. The maximum atomic E-state index is 14.3. The lowest BCUT2D eigenvalue weighted by atomic mass is 9.73. The number of amides is 4. The number of carbonyl (C=O) groups excluding carboxylic acids is 4. The van der Waals surface area contributed by atoms with Gasteiger partial charge in [0.15, 0.2) is 0 Å². The molecule has 0 spiro atoms. The second kappa shape index (κ2) is 18.7. The first-order chi connectivity index (χ1) is 21.2. The van der Waals surface area contributed by atoms with E-state index in [-0.39, 0.29) is 80.5 Å². The Hall–Kier alpha value is -2.34. The van der Waals surface area contributed by atoms with E-state index in [1.807, 2.05) is 25.7 Å². The van der Waals surface area contributed by atoms with Crippen LogP contribution in [0, 0.1) is 29.6 Å². The topological polar surface area (TPSA) is 122 Å². The van der Waals surface area contributed by atoms with Crippen molar-refractivity contribution >= 4 is 23.6 Å². The third-order valence-corrected chi connectivity index (χ3v) is 9.17. The maximum Gasteiger partial charge on any atom is 0.236 e. The monoisotopic (exact) mass is 643 g/mol. The van der Waals surface area contributed by atoms with Crippen LogP contribution < -0.4 is 10.7 Å². The second-order valence-corrected chi connectivity index (χ2v) is 13.7. The molecule has 2 rings (SSSR count). The fourth-order valence-electron chi connectivity index (χ4n) is 6.78. The first kappa shape index (κ1) is 38.8. The zero-order chi connectivity index (χ0) is 33.8. The second-order valence-electron chi connectivity index (χ2n) is 13.7. The number of hydrogen-bond donors (Lipinski definition) is 3. The third kappa shape index (κ3) is 12.1. The van der Waals surface area contributed by atoms with Gasteiger partial charge in [-0.2, -0.15) is 0 Å². The summed E-state index contributed by atoms with van der Waals surface area (Å²) in [6.07, 6.45) is -0.901. The van der Waals surface area contributed by atoms with Crippen molar-refractivity contribution in [1.82, 2.24) is 25.6 Å². The molecule has 0 radical (unpaired) electrons. The quantitative estimate of drug-likeness (QED) is 0.222. The summed E-state index contributed by atoms with van der Waals surface area (Å²) < 4.78 is 28.7. The molecule has 0 saturated heterocycles. The highest BCUT2D eigenvalue weighted by Crippen LogP contribution is 2.37. The molecule has 2 aliphatic carbocycles. The van der Waals surface area contributed by atoms with E-state index in [4.69, 9.17) is 0 Å². The third-order valence-electron chi connectivity index (χ3n) is 9.17. The first-order valence-electron chi connectivity index (χ1n) is 17.0. The molecule has 2 saturated carbocycles. The van der Waals surface area contributed by atoms with Gasteiger partial charge < -0.3 is 20.2 Å². The number of rotatable bonds is 16. The van der Waals surface area contributed by atoms with Gasteiger partial charge in [-0.1, -0.05) is 34.6 Å². The van der Waals surface area contributed by atoms with Gasteiger partial charge in [0.25, 0.3) is 0 Å². The summed E-state index contributed by atoms with van der Waals surface area (Å²) in [7, 11) is 3.32. The minimum Gasteiger partial charge on any atom is -0.390 e. The van der Waals surface area contributed by atoms with Crippen molar-refractivity contribution in [3.05, 3.63) is 0 Å². The summed E-state index contributed by atoms with van der Waals surface area (Å²) >= 11 is 0. The van der Waals surface area contributed by atoms with Crippen LogP contribution >= 0.6 is 0 Å². The smallest absolute Gasteiger partial charge is 0.236 e. The van der Waals surface area contributed by atoms with Gasteiger partial charge in [-0.05, 0) is 57.3 Å². The summed E-state index contributed by atoms with van der Waals surface area (Å²) in [5.74, 6) is -3.10. The van der Waals surface area contributed by atoms with E-state index in [0.29, 0.717) is 26.1 Å². The first-order valence-corrected chi connectivity index (χ1v) is 17.0. The Labute approximate surface area is 269 Å². The highest BCUT2D eigenvalue weighted by atomic mass is 19.1. The van der Waals surface area contributed by atoms with Crippen molar-refractivity contribution in [1.29, 1.82) is 0 Å². The lowest BCUT2D eigenvalue weighted by Gasteiger charge is -2.38. The molecule has 7 unspecified atom stereocenters. The molecule has 45 heavy (non-hydrogen) atoms. The van der Waals surface area contributed by atoms with Crippen molar-refractivity contribution in [3.63, 3.8) is 0 Å². The van der Waals surface area contributed by atoms with Gasteiger partial charge in [-0.25, -0.2) is 13.8 Å². The fourth-order valence-corrected chi connectivity index (χ4v) is 6.78. The number of nitrogens with zero attached hydrogens (tertiary/aromatic N) is 3. The van der Waals surface area contributed by atoms with Crippen LogP contribution in [-0.4, -0.2) is 108 Å². The van der Waals surface area contributed by atoms with E-state index in [1.54, 1.807) is 33.0 Å². The van der Waals surface area contributed by atoms with Crippen LogP contribution in [0.1, 0.15) is 92.4 Å². The Morgan fingerprint density at radius 1 is 0.822 bits per heavy atom. The molecule has 0 aliphatic heterocycles. The van der Waals surface area contributed by atoms with E-state index in [0.717, 1.165) is 12.8 Å². The van der Waals surface area contributed by atoms with Crippen molar-refractivity contribution in [2.24, 2.45) is 29.6 Å². The molecule has 12 heteroatoms. The number of aliphatic hydroxyl groups excluding tert-OH is 1. The molecule has 2 aliphatic rings. The minimum absolute atomic E-state index is 0.00124. The number of likely N-dealkylation sites (N-methyl/N-ethyl adjacent to an activating group) is 1. The molecular formula is C33H59F2N5O5. The Morgan fingerprint density at radius 2 is 1.36 bits per heavy atom. The molecule has 7 atom stereocenters. The molecule has 0 aromatic carbocycles. The van der Waals surface area contributed by atoms with Gasteiger partial charge >= 0.3 is 0 Å². The van der Waals surface area contributed by atoms with E-state index < -0.39 is 42.2 Å². The van der Waals surface area contributed by atoms with Crippen molar-refractivity contribution in [2.75, 3.05) is 40.3 Å². The number of aliphatic hydroxyl groups is 1. The highest BCUT2D eigenvalue weighted by Gasteiger charge is 2.42. The fraction of sp³-hybridized carbons (Fsp3) is 0.879. The number of alkyl halides is 2. The number of halogens is 2. The number of hydrogen-bond acceptors (Lipinski definition) is 6. The zero-order valence-electron chi connectivity index (χ0n) is 28.6. The van der Waals surface area contributed by atoms with Gasteiger partial charge in [0.1, 0.15) is 12.3 Å². The lowest BCUT2D eigenvalue weighted by Crippen LogP contribution is -2.55. The van der Waals surface area contributed by atoms with Crippen LogP contribution in [0.3, 0.4) is 0 Å². The van der Waals surface area contributed by atoms with Crippen LogP contribution in [0.25, 0.3) is 0 Å². The molecule has 10 nitrogen and oxygen atoms in total. The molecule has 4 amide bonds. The van der Waals surface area contributed by atoms with Crippen molar-refractivity contribution in [2.45, 2.75) is 117 Å². The van der Waals surface area contributed by atoms with E-state index in [1.165, 1.54) is 4.90 Å². The molecule has 0 aromatic rings. The molecule has 0 bridgehead atoms.